The van der Waals surface area contributed by atoms with Crippen LogP contribution in [-0.4, -0.2) is 17.9 Å². The zero-order valence-corrected chi connectivity index (χ0v) is 12.9. The molecule has 2 aromatic rings. The van der Waals surface area contributed by atoms with Crippen molar-refractivity contribution in [3.8, 4) is 11.1 Å². The largest absolute Gasteiger partial charge is 0.369 e. The van der Waals surface area contributed by atoms with E-state index in [2.05, 4.69) is 4.99 Å². The van der Waals surface area contributed by atoms with Crippen molar-refractivity contribution in [2.24, 2.45) is 16.5 Å². The van der Waals surface area contributed by atoms with E-state index in [4.69, 9.17) is 34.7 Å². The number of nitrogens with zero attached hydrogens (tertiary/aromatic N) is 2. The van der Waals surface area contributed by atoms with E-state index < -0.39 is 0 Å². The maximum atomic E-state index is 6.14. The molecular formula is C15H14Cl2N4. The average Bonchev–Trinajstić information content (AvgIpc) is 2.43. The molecule has 0 fully saturated rings. The summed E-state index contributed by atoms with van der Waals surface area (Å²) in [5, 5.41) is 1.18. The fourth-order valence-corrected chi connectivity index (χ4v) is 2.87. The topological polar surface area (TPSA) is 67.6 Å². The molecule has 0 bridgehead atoms. The number of rotatable bonds is 1. The molecule has 1 aliphatic heterocycles. The number of hydrogen-bond donors (Lipinski definition) is 2. The van der Waals surface area contributed by atoms with Crippen LogP contribution in [0.15, 0.2) is 41.4 Å². The maximum absolute atomic E-state index is 6.14. The number of hydrogen-bond acceptors (Lipinski definition) is 4. The van der Waals surface area contributed by atoms with Gasteiger partial charge in [0, 0.05) is 22.7 Å². The molecule has 1 atom stereocenters. The van der Waals surface area contributed by atoms with E-state index in [0.29, 0.717) is 16.0 Å². The Morgan fingerprint density at radius 2 is 1.71 bits per heavy atom. The highest BCUT2D eigenvalue weighted by molar-refractivity contribution is 6.35. The standard InChI is InChI=1S/C15H14Cl2N4/c1-21-14(18)12-3-2-8(6-13(12)20-15(21)19)9-4-10(16)7-11(17)5-9/h2-7,14H,18H2,1H3,(H2,19,20). The lowest BCUT2D eigenvalue weighted by atomic mass is 10.0. The van der Waals surface area contributed by atoms with E-state index in [1.54, 1.807) is 11.0 Å². The van der Waals surface area contributed by atoms with Gasteiger partial charge in [-0.05, 0) is 35.4 Å². The van der Waals surface area contributed by atoms with Crippen LogP contribution in [0.5, 0.6) is 0 Å². The molecule has 0 spiro atoms. The van der Waals surface area contributed by atoms with Crippen molar-refractivity contribution < 1.29 is 0 Å². The van der Waals surface area contributed by atoms with Gasteiger partial charge >= 0.3 is 0 Å². The van der Waals surface area contributed by atoms with E-state index in [9.17, 15) is 0 Å². The van der Waals surface area contributed by atoms with Crippen LogP contribution in [0.1, 0.15) is 11.7 Å². The summed E-state index contributed by atoms with van der Waals surface area (Å²) in [6.07, 6.45) is -0.297. The summed E-state index contributed by atoms with van der Waals surface area (Å²) in [4.78, 5) is 6.12. The monoisotopic (exact) mass is 320 g/mol. The molecule has 0 saturated heterocycles. The van der Waals surface area contributed by atoms with Crippen molar-refractivity contribution in [3.05, 3.63) is 52.0 Å². The molecule has 6 heteroatoms. The Balaban J connectivity index is 2.11. The van der Waals surface area contributed by atoms with Gasteiger partial charge in [0.25, 0.3) is 0 Å². The summed E-state index contributed by atoms with van der Waals surface area (Å²) in [5.41, 5.74) is 15.6. The van der Waals surface area contributed by atoms with Crippen molar-refractivity contribution in [2.45, 2.75) is 6.17 Å². The van der Waals surface area contributed by atoms with Gasteiger partial charge in [0.05, 0.1) is 5.69 Å². The third kappa shape index (κ3) is 2.58. The van der Waals surface area contributed by atoms with Crippen LogP contribution in [-0.2, 0) is 0 Å². The number of halogens is 2. The Labute approximate surface area is 133 Å². The van der Waals surface area contributed by atoms with Crippen LogP contribution in [0.2, 0.25) is 10.0 Å². The summed E-state index contributed by atoms with van der Waals surface area (Å²) >= 11 is 12.1. The lowest BCUT2D eigenvalue weighted by molar-refractivity contribution is 0.375. The third-order valence-electron chi connectivity index (χ3n) is 3.56. The lowest BCUT2D eigenvalue weighted by Crippen LogP contribution is -2.42. The molecule has 21 heavy (non-hydrogen) atoms. The molecule has 1 heterocycles. The number of nitrogens with two attached hydrogens (primary N) is 2. The second kappa shape index (κ2) is 5.22. The normalized spacial score (nSPS) is 17.4. The van der Waals surface area contributed by atoms with Crippen molar-refractivity contribution >= 4 is 34.8 Å². The second-order valence-electron chi connectivity index (χ2n) is 4.96. The molecule has 3 rings (SSSR count). The molecular weight excluding hydrogens is 307 g/mol. The Morgan fingerprint density at radius 1 is 1.05 bits per heavy atom. The van der Waals surface area contributed by atoms with Gasteiger partial charge in [0.2, 0.25) is 0 Å². The molecule has 4 nitrogen and oxygen atoms in total. The minimum atomic E-state index is -0.297. The highest BCUT2D eigenvalue weighted by Crippen LogP contribution is 2.35. The van der Waals surface area contributed by atoms with Crippen LogP contribution in [0, 0.1) is 0 Å². The van der Waals surface area contributed by atoms with E-state index >= 15 is 0 Å². The first-order chi connectivity index (χ1) is 9.95. The van der Waals surface area contributed by atoms with Crippen molar-refractivity contribution in [1.29, 1.82) is 0 Å². The van der Waals surface area contributed by atoms with Crippen LogP contribution in [0.3, 0.4) is 0 Å². The third-order valence-corrected chi connectivity index (χ3v) is 4.00. The predicted octanol–water partition coefficient (Wildman–Crippen LogP) is 3.51. The molecule has 0 aromatic heterocycles. The summed E-state index contributed by atoms with van der Waals surface area (Å²) in [7, 11) is 1.82. The van der Waals surface area contributed by atoms with Crippen molar-refractivity contribution in [3.63, 3.8) is 0 Å². The second-order valence-corrected chi connectivity index (χ2v) is 5.83. The Bertz CT molecular complexity index is 722. The molecule has 108 valence electrons. The summed E-state index contributed by atoms with van der Waals surface area (Å²) < 4.78 is 0. The maximum Gasteiger partial charge on any atom is 0.197 e. The van der Waals surface area contributed by atoms with Crippen LogP contribution in [0.25, 0.3) is 11.1 Å². The van der Waals surface area contributed by atoms with Gasteiger partial charge in [0.1, 0.15) is 6.17 Å². The van der Waals surface area contributed by atoms with Crippen LogP contribution < -0.4 is 11.5 Å². The van der Waals surface area contributed by atoms with Gasteiger partial charge in [-0.1, -0.05) is 35.3 Å². The highest BCUT2D eigenvalue weighted by atomic mass is 35.5. The van der Waals surface area contributed by atoms with Crippen molar-refractivity contribution in [1.82, 2.24) is 4.90 Å². The molecule has 0 saturated carbocycles. The van der Waals surface area contributed by atoms with Crippen LogP contribution >= 0.6 is 23.2 Å². The molecule has 2 aromatic carbocycles. The van der Waals surface area contributed by atoms with Gasteiger partial charge < -0.3 is 16.4 Å². The van der Waals surface area contributed by atoms with Gasteiger partial charge in [-0.2, -0.15) is 0 Å². The zero-order chi connectivity index (χ0) is 15.1. The Kier molecular flexibility index (Phi) is 3.53. The smallest absolute Gasteiger partial charge is 0.197 e. The van der Waals surface area contributed by atoms with E-state index in [-0.39, 0.29) is 6.17 Å². The molecule has 0 amide bonds. The average molecular weight is 321 g/mol. The molecule has 1 unspecified atom stereocenters. The first-order valence-electron chi connectivity index (χ1n) is 6.38. The SMILES string of the molecule is CN1C(N)=Nc2cc(-c3cc(Cl)cc(Cl)c3)ccc2C1N. The zero-order valence-electron chi connectivity index (χ0n) is 11.3. The Morgan fingerprint density at radius 3 is 2.38 bits per heavy atom. The predicted molar refractivity (Wildman–Crippen MR) is 87.9 cm³/mol. The van der Waals surface area contributed by atoms with Gasteiger partial charge in [-0.3, -0.25) is 0 Å². The minimum absolute atomic E-state index is 0.297. The highest BCUT2D eigenvalue weighted by Gasteiger charge is 2.22. The summed E-state index contributed by atoms with van der Waals surface area (Å²) in [6, 6.07) is 11.3. The molecule has 0 radical (unpaired) electrons. The Hall–Kier alpha value is -1.75. The van der Waals surface area contributed by atoms with E-state index in [0.717, 1.165) is 22.4 Å². The minimum Gasteiger partial charge on any atom is -0.369 e. The fraction of sp³-hybridized carbons (Fsp3) is 0.133. The summed E-state index contributed by atoms with van der Waals surface area (Å²) in [5.74, 6) is 0.399. The number of aliphatic imine (C=N–C) groups is 1. The lowest BCUT2D eigenvalue weighted by Gasteiger charge is -2.30. The van der Waals surface area contributed by atoms with Crippen molar-refractivity contribution in [2.75, 3.05) is 7.05 Å². The fourth-order valence-electron chi connectivity index (χ4n) is 2.34. The van der Waals surface area contributed by atoms with Gasteiger partial charge in [-0.15, -0.1) is 0 Å². The van der Waals surface area contributed by atoms with E-state index in [1.807, 2.05) is 37.4 Å². The molecule has 4 N–H and O–H groups in total. The number of benzene rings is 2. The number of fused-ring (bicyclic) bond motifs is 1. The number of guanidine groups is 1. The van der Waals surface area contributed by atoms with Crippen LogP contribution in [0.4, 0.5) is 5.69 Å². The first kappa shape index (κ1) is 14.2. The quantitative estimate of drug-likeness (QED) is 0.844. The summed E-state index contributed by atoms with van der Waals surface area (Å²) in [6.45, 7) is 0. The van der Waals surface area contributed by atoms with Gasteiger partial charge in [0.15, 0.2) is 5.96 Å². The van der Waals surface area contributed by atoms with E-state index in [1.165, 1.54) is 0 Å². The van der Waals surface area contributed by atoms with Gasteiger partial charge in [-0.25, -0.2) is 4.99 Å². The first-order valence-corrected chi connectivity index (χ1v) is 7.14. The molecule has 1 aliphatic rings. The molecule has 0 aliphatic carbocycles.